The summed E-state index contributed by atoms with van der Waals surface area (Å²) in [6.07, 6.45) is 5.43. The molecule has 0 atom stereocenters. The van der Waals surface area contributed by atoms with E-state index in [-0.39, 0.29) is 0 Å². The summed E-state index contributed by atoms with van der Waals surface area (Å²) in [6.45, 7) is 3.23. The molecular formula is C16H24N2O. The fraction of sp³-hybridized carbons (Fsp3) is 0.625. The zero-order valence-electron chi connectivity index (χ0n) is 11.8. The Kier molecular flexibility index (Phi) is 4.04. The Labute approximate surface area is 115 Å². The first-order valence-corrected chi connectivity index (χ1v) is 7.46. The molecule has 0 aromatic heterocycles. The van der Waals surface area contributed by atoms with E-state index in [1.165, 1.54) is 24.1 Å². The van der Waals surface area contributed by atoms with Gasteiger partial charge in [0, 0.05) is 38.5 Å². The van der Waals surface area contributed by atoms with Crippen molar-refractivity contribution in [3.8, 4) is 0 Å². The van der Waals surface area contributed by atoms with E-state index in [0.29, 0.717) is 6.10 Å². The summed E-state index contributed by atoms with van der Waals surface area (Å²) in [5, 5.41) is 3.62. The Bertz CT molecular complexity index is 409. The maximum Gasteiger partial charge on any atom is 0.0605 e. The van der Waals surface area contributed by atoms with Gasteiger partial charge in [-0.2, -0.15) is 0 Å². The van der Waals surface area contributed by atoms with Crippen molar-refractivity contribution in [1.29, 1.82) is 0 Å². The molecule has 2 aliphatic rings. The summed E-state index contributed by atoms with van der Waals surface area (Å²) in [4.78, 5) is 2.51. The number of para-hydroxylation sites is 1. The minimum Gasteiger partial charge on any atom is -0.381 e. The summed E-state index contributed by atoms with van der Waals surface area (Å²) in [5.41, 5.74) is 2.84. The van der Waals surface area contributed by atoms with Gasteiger partial charge < -0.3 is 15.0 Å². The summed E-state index contributed by atoms with van der Waals surface area (Å²) in [5.74, 6) is 0. The van der Waals surface area contributed by atoms with E-state index in [9.17, 15) is 0 Å². The van der Waals surface area contributed by atoms with Gasteiger partial charge in [0.1, 0.15) is 0 Å². The van der Waals surface area contributed by atoms with E-state index in [0.717, 1.165) is 38.5 Å². The highest BCUT2D eigenvalue weighted by Gasteiger charge is 2.23. The van der Waals surface area contributed by atoms with Crippen LogP contribution in [0.25, 0.3) is 0 Å². The molecule has 0 spiro atoms. The van der Waals surface area contributed by atoms with E-state index >= 15 is 0 Å². The molecule has 1 aromatic carbocycles. The molecule has 1 aliphatic heterocycles. The van der Waals surface area contributed by atoms with Crippen LogP contribution in [0.2, 0.25) is 0 Å². The molecule has 0 amide bonds. The van der Waals surface area contributed by atoms with Crippen molar-refractivity contribution >= 4 is 5.69 Å². The van der Waals surface area contributed by atoms with Crippen LogP contribution in [0.4, 0.5) is 5.69 Å². The van der Waals surface area contributed by atoms with Gasteiger partial charge in [-0.05, 0) is 37.3 Å². The normalized spacial score (nSPS) is 20.8. The second-order valence-electron chi connectivity index (χ2n) is 5.71. The number of hydrogen-bond donors (Lipinski definition) is 1. The first-order valence-electron chi connectivity index (χ1n) is 7.46. The van der Waals surface area contributed by atoms with Crippen molar-refractivity contribution in [2.24, 2.45) is 0 Å². The maximum atomic E-state index is 5.45. The Morgan fingerprint density at radius 3 is 2.58 bits per heavy atom. The summed E-state index contributed by atoms with van der Waals surface area (Å²) < 4.78 is 5.45. The smallest absolute Gasteiger partial charge is 0.0605 e. The summed E-state index contributed by atoms with van der Waals surface area (Å²) in [7, 11) is 1.83. The third-order valence-electron chi connectivity index (χ3n) is 4.27. The molecule has 104 valence electrons. The third kappa shape index (κ3) is 3.28. The lowest BCUT2D eigenvalue weighted by Gasteiger charge is -2.34. The summed E-state index contributed by atoms with van der Waals surface area (Å²) in [6, 6.07) is 9.59. The van der Waals surface area contributed by atoms with Crippen LogP contribution in [0.15, 0.2) is 24.3 Å². The highest BCUT2D eigenvalue weighted by molar-refractivity contribution is 5.54. The SMILES string of the molecule is COC1CCN(c2ccccc2CNC2CC2)CC1. The van der Waals surface area contributed by atoms with Gasteiger partial charge >= 0.3 is 0 Å². The van der Waals surface area contributed by atoms with Crippen molar-refractivity contribution < 1.29 is 4.74 Å². The van der Waals surface area contributed by atoms with Crippen LogP contribution in [0.5, 0.6) is 0 Å². The monoisotopic (exact) mass is 260 g/mol. The molecule has 1 heterocycles. The van der Waals surface area contributed by atoms with Crippen molar-refractivity contribution in [2.75, 3.05) is 25.1 Å². The van der Waals surface area contributed by atoms with Gasteiger partial charge in [-0.15, -0.1) is 0 Å². The van der Waals surface area contributed by atoms with Crippen LogP contribution in [0.3, 0.4) is 0 Å². The number of ether oxygens (including phenoxy) is 1. The zero-order chi connectivity index (χ0) is 13.1. The van der Waals surface area contributed by atoms with E-state index in [1.54, 1.807) is 0 Å². The molecule has 1 aliphatic carbocycles. The number of benzene rings is 1. The summed E-state index contributed by atoms with van der Waals surface area (Å²) >= 11 is 0. The molecule has 19 heavy (non-hydrogen) atoms. The molecule has 1 N–H and O–H groups in total. The lowest BCUT2D eigenvalue weighted by molar-refractivity contribution is 0.0819. The van der Waals surface area contributed by atoms with E-state index in [1.807, 2.05) is 7.11 Å². The Morgan fingerprint density at radius 2 is 1.89 bits per heavy atom. The van der Waals surface area contributed by atoms with E-state index < -0.39 is 0 Å². The van der Waals surface area contributed by atoms with E-state index in [2.05, 4.69) is 34.5 Å². The van der Waals surface area contributed by atoms with Gasteiger partial charge in [0.25, 0.3) is 0 Å². The largest absolute Gasteiger partial charge is 0.381 e. The van der Waals surface area contributed by atoms with Crippen LogP contribution in [0, 0.1) is 0 Å². The Morgan fingerprint density at radius 1 is 1.16 bits per heavy atom. The van der Waals surface area contributed by atoms with Gasteiger partial charge in [0.05, 0.1) is 6.10 Å². The lowest BCUT2D eigenvalue weighted by atomic mass is 10.0. The van der Waals surface area contributed by atoms with Gasteiger partial charge in [-0.3, -0.25) is 0 Å². The fourth-order valence-electron chi connectivity index (χ4n) is 2.84. The first-order chi connectivity index (χ1) is 9.36. The number of rotatable bonds is 5. The second-order valence-corrected chi connectivity index (χ2v) is 5.71. The molecule has 1 saturated heterocycles. The average Bonchev–Trinajstić information content (AvgIpc) is 3.30. The minimum atomic E-state index is 0.452. The van der Waals surface area contributed by atoms with Gasteiger partial charge in [0.2, 0.25) is 0 Å². The standard InChI is InChI=1S/C16H24N2O/c1-19-15-8-10-18(11-9-15)16-5-3-2-4-13(16)12-17-14-6-7-14/h2-5,14-15,17H,6-12H2,1H3. The molecule has 3 heteroatoms. The Balaban J connectivity index is 1.65. The molecule has 2 fully saturated rings. The number of anilines is 1. The van der Waals surface area contributed by atoms with Gasteiger partial charge in [-0.25, -0.2) is 0 Å². The number of nitrogens with zero attached hydrogens (tertiary/aromatic N) is 1. The molecule has 3 rings (SSSR count). The zero-order valence-corrected chi connectivity index (χ0v) is 11.8. The fourth-order valence-corrected chi connectivity index (χ4v) is 2.84. The Hall–Kier alpha value is -1.06. The van der Waals surface area contributed by atoms with Gasteiger partial charge in [-0.1, -0.05) is 18.2 Å². The van der Waals surface area contributed by atoms with E-state index in [4.69, 9.17) is 4.74 Å². The highest BCUT2D eigenvalue weighted by atomic mass is 16.5. The molecular weight excluding hydrogens is 236 g/mol. The molecule has 1 aromatic rings. The molecule has 0 bridgehead atoms. The molecule has 0 radical (unpaired) electrons. The van der Waals surface area contributed by atoms with Crippen molar-refractivity contribution in [3.05, 3.63) is 29.8 Å². The third-order valence-corrected chi connectivity index (χ3v) is 4.27. The molecule has 1 saturated carbocycles. The minimum absolute atomic E-state index is 0.452. The predicted molar refractivity (Wildman–Crippen MR) is 78.5 cm³/mol. The number of hydrogen-bond acceptors (Lipinski definition) is 3. The molecule has 3 nitrogen and oxygen atoms in total. The van der Waals surface area contributed by atoms with Crippen LogP contribution in [-0.4, -0.2) is 32.3 Å². The maximum absolute atomic E-state index is 5.45. The quantitative estimate of drug-likeness (QED) is 0.880. The van der Waals surface area contributed by atoms with Gasteiger partial charge in [0.15, 0.2) is 0 Å². The average molecular weight is 260 g/mol. The van der Waals surface area contributed by atoms with Crippen molar-refractivity contribution in [2.45, 2.75) is 44.4 Å². The predicted octanol–water partition coefficient (Wildman–Crippen LogP) is 2.55. The topological polar surface area (TPSA) is 24.5 Å². The van der Waals surface area contributed by atoms with Crippen LogP contribution in [-0.2, 0) is 11.3 Å². The second kappa shape index (κ2) is 5.93. The molecule has 0 unspecified atom stereocenters. The lowest BCUT2D eigenvalue weighted by Crippen LogP contribution is -2.37. The van der Waals surface area contributed by atoms with Crippen molar-refractivity contribution in [1.82, 2.24) is 5.32 Å². The first kappa shape index (κ1) is 12.9. The number of piperidine rings is 1. The van der Waals surface area contributed by atoms with Crippen LogP contribution >= 0.6 is 0 Å². The highest BCUT2D eigenvalue weighted by Crippen LogP contribution is 2.26. The van der Waals surface area contributed by atoms with Crippen LogP contribution in [0.1, 0.15) is 31.2 Å². The number of nitrogens with one attached hydrogen (secondary N) is 1. The van der Waals surface area contributed by atoms with Crippen LogP contribution < -0.4 is 10.2 Å². The van der Waals surface area contributed by atoms with Crippen molar-refractivity contribution in [3.63, 3.8) is 0 Å². The number of methoxy groups -OCH3 is 1.